The number of aryl methyl sites for hydroxylation is 1. The number of halogens is 1. The van der Waals surface area contributed by atoms with E-state index in [-0.39, 0.29) is 0 Å². The maximum atomic E-state index is 5.36. The molecule has 0 bridgehead atoms. The summed E-state index contributed by atoms with van der Waals surface area (Å²) >= 11 is 3.26. The van der Waals surface area contributed by atoms with Gasteiger partial charge in [0.2, 0.25) is 0 Å². The van der Waals surface area contributed by atoms with Gasteiger partial charge in [-0.25, -0.2) is 0 Å². The molecule has 0 atom stereocenters. The fourth-order valence-electron chi connectivity index (χ4n) is 1.34. The van der Waals surface area contributed by atoms with Gasteiger partial charge in [-0.1, -0.05) is 0 Å². The summed E-state index contributed by atoms with van der Waals surface area (Å²) in [7, 11) is 1.91. The number of nitrogens with zero attached hydrogens (tertiary/aromatic N) is 2. The topological polar surface area (TPSA) is 43.0 Å². The highest BCUT2D eigenvalue weighted by atomic mass is 79.9. The van der Waals surface area contributed by atoms with E-state index in [4.69, 9.17) is 4.42 Å². The summed E-state index contributed by atoms with van der Waals surface area (Å²) < 4.78 is 7.92. The zero-order valence-corrected chi connectivity index (χ0v) is 9.99. The van der Waals surface area contributed by atoms with E-state index in [0.717, 1.165) is 23.5 Å². The van der Waals surface area contributed by atoms with Crippen LogP contribution >= 0.6 is 15.9 Å². The van der Waals surface area contributed by atoms with Gasteiger partial charge in [-0.3, -0.25) is 4.68 Å². The molecule has 2 aromatic heterocycles. The SMILES string of the molecule is Cn1cc(CNCc2ccc(Br)o2)cn1. The van der Waals surface area contributed by atoms with Crippen LogP contribution in [0.1, 0.15) is 11.3 Å². The molecule has 2 aromatic rings. The molecule has 0 aliphatic heterocycles. The van der Waals surface area contributed by atoms with Crippen LogP contribution in [-0.2, 0) is 20.1 Å². The van der Waals surface area contributed by atoms with Gasteiger partial charge in [0, 0.05) is 25.4 Å². The Hall–Kier alpha value is -1.07. The summed E-state index contributed by atoms with van der Waals surface area (Å²) in [6.07, 6.45) is 3.84. The molecule has 15 heavy (non-hydrogen) atoms. The predicted octanol–water partition coefficient (Wildman–Crippen LogP) is 2.07. The molecule has 0 saturated heterocycles. The molecule has 5 heteroatoms. The first-order valence-electron chi connectivity index (χ1n) is 4.66. The van der Waals surface area contributed by atoms with Crippen molar-refractivity contribution in [2.45, 2.75) is 13.1 Å². The molecule has 2 rings (SSSR count). The molecule has 0 fully saturated rings. The van der Waals surface area contributed by atoms with Crippen molar-refractivity contribution >= 4 is 15.9 Å². The Morgan fingerprint density at radius 1 is 1.47 bits per heavy atom. The Kier molecular flexibility index (Phi) is 3.23. The summed E-state index contributed by atoms with van der Waals surface area (Å²) in [5.74, 6) is 0.922. The van der Waals surface area contributed by atoms with Crippen LogP contribution in [0, 0.1) is 0 Å². The third-order valence-electron chi connectivity index (χ3n) is 2.02. The molecule has 0 unspecified atom stereocenters. The van der Waals surface area contributed by atoms with Gasteiger partial charge in [0.1, 0.15) is 5.76 Å². The lowest BCUT2D eigenvalue weighted by Gasteiger charge is -1.99. The monoisotopic (exact) mass is 269 g/mol. The third kappa shape index (κ3) is 2.94. The van der Waals surface area contributed by atoms with E-state index < -0.39 is 0 Å². The van der Waals surface area contributed by atoms with Crippen LogP contribution in [-0.4, -0.2) is 9.78 Å². The standard InChI is InChI=1S/C10H12BrN3O/c1-14-7-8(5-13-14)4-12-6-9-2-3-10(11)15-9/h2-3,5,7,12H,4,6H2,1H3. The van der Waals surface area contributed by atoms with Crippen molar-refractivity contribution in [3.8, 4) is 0 Å². The van der Waals surface area contributed by atoms with Crippen LogP contribution in [0.15, 0.2) is 33.6 Å². The van der Waals surface area contributed by atoms with Crippen molar-refractivity contribution in [1.29, 1.82) is 0 Å². The number of rotatable bonds is 4. The number of nitrogens with one attached hydrogen (secondary N) is 1. The van der Waals surface area contributed by atoms with Crippen LogP contribution in [0.4, 0.5) is 0 Å². The van der Waals surface area contributed by atoms with Gasteiger partial charge in [-0.15, -0.1) is 0 Å². The van der Waals surface area contributed by atoms with Crippen molar-refractivity contribution < 1.29 is 4.42 Å². The van der Waals surface area contributed by atoms with Crippen molar-refractivity contribution in [2.75, 3.05) is 0 Å². The van der Waals surface area contributed by atoms with Gasteiger partial charge in [0.05, 0.1) is 12.7 Å². The fraction of sp³-hybridized carbons (Fsp3) is 0.300. The summed E-state index contributed by atoms with van der Waals surface area (Å²) in [5, 5.41) is 7.37. The molecule has 1 N–H and O–H groups in total. The molecule has 0 aliphatic rings. The average Bonchev–Trinajstić information content (AvgIpc) is 2.76. The van der Waals surface area contributed by atoms with E-state index in [9.17, 15) is 0 Å². The molecule has 4 nitrogen and oxygen atoms in total. The lowest BCUT2D eigenvalue weighted by molar-refractivity contribution is 0.465. The molecule has 2 heterocycles. The Morgan fingerprint density at radius 3 is 2.93 bits per heavy atom. The molecule has 0 aliphatic carbocycles. The zero-order valence-electron chi connectivity index (χ0n) is 8.40. The summed E-state index contributed by atoms with van der Waals surface area (Å²) in [6, 6.07) is 3.83. The molecule has 0 amide bonds. The van der Waals surface area contributed by atoms with E-state index in [2.05, 4.69) is 26.3 Å². The fourth-order valence-corrected chi connectivity index (χ4v) is 1.68. The summed E-state index contributed by atoms with van der Waals surface area (Å²) in [6.45, 7) is 1.52. The van der Waals surface area contributed by atoms with Crippen molar-refractivity contribution in [1.82, 2.24) is 15.1 Å². The maximum Gasteiger partial charge on any atom is 0.169 e. The molecule has 0 spiro atoms. The second-order valence-electron chi connectivity index (χ2n) is 3.33. The van der Waals surface area contributed by atoms with E-state index in [1.807, 2.05) is 31.6 Å². The second kappa shape index (κ2) is 4.63. The third-order valence-corrected chi connectivity index (χ3v) is 2.44. The first kappa shape index (κ1) is 10.4. The molecule has 0 aromatic carbocycles. The van der Waals surface area contributed by atoms with Gasteiger partial charge in [-0.2, -0.15) is 5.10 Å². The van der Waals surface area contributed by atoms with Gasteiger partial charge in [0.25, 0.3) is 0 Å². The molecule has 0 radical (unpaired) electrons. The first-order valence-corrected chi connectivity index (χ1v) is 5.46. The number of hydrogen-bond donors (Lipinski definition) is 1. The van der Waals surface area contributed by atoms with Crippen LogP contribution in [0.3, 0.4) is 0 Å². The Labute approximate surface area is 96.4 Å². The lowest BCUT2D eigenvalue weighted by Crippen LogP contribution is -2.11. The van der Waals surface area contributed by atoms with Crippen molar-refractivity contribution in [3.63, 3.8) is 0 Å². The van der Waals surface area contributed by atoms with Crippen molar-refractivity contribution in [3.05, 3.63) is 40.5 Å². The highest BCUT2D eigenvalue weighted by Crippen LogP contribution is 2.13. The largest absolute Gasteiger partial charge is 0.453 e. The molecule has 80 valence electrons. The highest BCUT2D eigenvalue weighted by Gasteiger charge is 1.99. The van der Waals surface area contributed by atoms with Gasteiger partial charge in [0.15, 0.2) is 4.67 Å². The molecule has 0 saturated carbocycles. The van der Waals surface area contributed by atoms with Crippen LogP contribution < -0.4 is 5.32 Å². The zero-order chi connectivity index (χ0) is 10.7. The quantitative estimate of drug-likeness (QED) is 0.924. The lowest BCUT2D eigenvalue weighted by atomic mass is 10.3. The van der Waals surface area contributed by atoms with E-state index in [1.54, 1.807) is 4.68 Å². The summed E-state index contributed by atoms with van der Waals surface area (Å²) in [5.41, 5.74) is 1.17. The minimum atomic E-state index is 0.723. The minimum Gasteiger partial charge on any atom is -0.453 e. The first-order chi connectivity index (χ1) is 7.24. The Balaban J connectivity index is 1.80. The minimum absolute atomic E-state index is 0.723. The van der Waals surface area contributed by atoms with E-state index in [1.165, 1.54) is 5.56 Å². The maximum absolute atomic E-state index is 5.36. The van der Waals surface area contributed by atoms with Gasteiger partial charge >= 0.3 is 0 Å². The average molecular weight is 270 g/mol. The summed E-state index contributed by atoms with van der Waals surface area (Å²) in [4.78, 5) is 0. The van der Waals surface area contributed by atoms with Crippen LogP contribution in [0.2, 0.25) is 0 Å². The normalized spacial score (nSPS) is 10.8. The second-order valence-corrected chi connectivity index (χ2v) is 4.11. The highest BCUT2D eigenvalue weighted by molar-refractivity contribution is 9.10. The van der Waals surface area contributed by atoms with Crippen LogP contribution in [0.25, 0.3) is 0 Å². The predicted molar refractivity (Wildman–Crippen MR) is 60.2 cm³/mol. The van der Waals surface area contributed by atoms with Gasteiger partial charge < -0.3 is 9.73 Å². The molecular weight excluding hydrogens is 258 g/mol. The van der Waals surface area contributed by atoms with E-state index in [0.29, 0.717) is 0 Å². The Bertz CT molecular complexity index is 395. The smallest absolute Gasteiger partial charge is 0.169 e. The van der Waals surface area contributed by atoms with Crippen LogP contribution in [0.5, 0.6) is 0 Å². The van der Waals surface area contributed by atoms with Gasteiger partial charge in [-0.05, 0) is 28.1 Å². The Morgan fingerprint density at radius 2 is 2.33 bits per heavy atom. The number of furan rings is 1. The number of aromatic nitrogens is 2. The van der Waals surface area contributed by atoms with E-state index >= 15 is 0 Å². The number of hydrogen-bond acceptors (Lipinski definition) is 3. The molecular formula is C10H12BrN3O. The van der Waals surface area contributed by atoms with Crippen molar-refractivity contribution in [2.24, 2.45) is 7.05 Å².